The SMILES string of the molecule is CCCSc1ccccc1.[SeH2]. The normalized spacial score (nSPS) is 8.82. The Morgan fingerprint density at radius 3 is 2.36 bits per heavy atom. The van der Waals surface area contributed by atoms with E-state index in [1.54, 1.807) is 0 Å². The predicted octanol–water partition coefficient (Wildman–Crippen LogP) is 2.27. The van der Waals surface area contributed by atoms with Gasteiger partial charge in [-0.25, -0.2) is 0 Å². The van der Waals surface area contributed by atoms with Crippen LogP contribution >= 0.6 is 11.8 Å². The van der Waals surface area contributed by atoms with Gasteiger partial charge in [-0.15, -0.1) is 11.8 Å². The zero-order valence-corrected chi connectivity index (χ0v) is 9.62. The molecular weight excluding hydrogens is 219 g/mol. The average Bonchev–Trinajstić information content (AvgIpc) is 2.03. The third-order valence-corrected chi connectivity index (χ3v) is 2.43. The summed E-state index contributed by atoms with van der Waals surface area (Å²) in [5.41, 5.74) is 0. The number of hydrogen-bond acceptors (Lipinski definition) is 1. The fourth-order valence-corrected chi connectivity index (χ4v) is 1.53. The molecule has 0 saturated heterocycles. The van der Waals surface area contributed by atoms with E-state index in [9.17, 15) is 0 Å². The molecule has 1 aromatic rings. The Balaban J connectivity index is 0.000001000. The van der Waals surface area contributed by atoms with Crippen LogP contribution in [0.5, 0.6) is 0 Å². The minimum absolute atomic E-state index is 0. The first-order valence-corrected chi connectivity index (χ1v) is 4.60. The molecule has 0 spiro atoms. The van der Waals surface area contributed by atoms with E-state index in [1.807, 2.05) is 11.8 Å². The van der Waals surface area contributed by atoms with Crippen molar-refractivity contribution in [2.75, 3.05) is 5.75 Å². The molecule has 0 aromatic heterocycles. The van der Waals surface area contributed by atoms with E-state index in [-0.39, 0.29) is 17.1 Å². The van der Waals surface area contributed by atoms with Gasteiger partial charge in [-0.1, -0.05) is 25.1 Å². The van der Waals surface area contributed by atoms with Crippen LogP contribution in [0.3, 0.4) is 0 Å². The molecule has 0 aliphatic heterocycles. The monoisotopic (exact) mass is 234 g/mol. The average molecular weight is 233 g/mol. The predicted molar refractivity (Wildman–Crippen MR) is 56.0 cm³/mol. The number of hydrogen-bond donors (Lipinski definition) is 0. The summed E-state index contributed by atoms with van der Waals surface area (Å²) in [4.78, 5) is 1.38. The second-order valence-corrected chi connectivity index (χ2v) is 3.33. The van der Waals surface area contributed by atoms with E-state index >= 15 is 0 Å². The van der Waals surface area contributed by atoms with Gasteiger partial charge in [0.05, 0.1) is 0 Å². The second kappa shape index (κ2) is 6.78. The van der Waals surface area contributed by atoms with Crippen molar-refractivity contribution in [2.24, 2.45) is 0 Å². The number of rotatable bonds is 3. The Bertz CT molecular complexity index is 174. The van der Waals surface area contributed by atoms with E-state index in [2.05, 4.69) is 37.3 Å². The van der Waals surface area contributed by atoms with Crippen LogP contribution < -0.4 is 0 Å². The standard InChI is InChI=1S/C9H12S.H2Se/c1-2-8-10-9-6-4-3-5-7-9;/h3-7H,2,8H2,1H3;1H2. The van der Waals surface area contributed by atoms with E-state index < -0.39 is 0 Å². The Morgan fingerprint density at radius 2 is 1.82 bits per heavy atom. The first-order valence-electron chi connectivity index (χ1n) is 3.61. The fourth-order valence-electron chi connectivity index (χ4n) is 0.737. The summed E-state index contributed by atoms with van der Waals surface area (Å²) >= 11 is 1.92. The van der Waals surface area contributed by atoms with Gasteiger partial charge in [-0.2, -0.15) is 0 Å². The Labute approximate surface area is 83.2 Å². The van der Waals surface area contributed by atoms with Gasteiger partial charge in [0.1, 0.15) is 0 Å². The molecular formula is C9H14SSe. The molecule has 0 nitrogen and oxygen atoms in total. The zero-order valence-electron chi connectivity index (χ0n) is 6.71. The van der Waals surface area contributed by atoms with Crippen LogP contribution in [0.15, 0.2) is 35.2 Å². The molecule has 62 valence electrons. The molecule has 0 unspecified atom stereocenters. The van der Waals surface area contributed by atoms with Crippen molar-refractivity contribution < 1.29 is 0 Å². The van der Waals surface area contributed by atoms with Crippen molar-refractivity contribution in [1.29, 1.82) is 0 Å². The van der Waals surface area contributed by atoms with Crippen LogP contribution in [0.4, 0.5) is 0 Å². The van der Waals surface area contributed by atoms with Gasteiger partial charge in [0.15, 0.2) is 0 Å². The van der Waals surface area contributed by atoms with Crippen LogP contribution in [0.25, 0.3) is 0 Å². The van der Waals surface area contributed by atoms with Crippen molar-refractivity contribution in [3.63, 3.8) is 0 Å². The van der Waals surface area contributed by atoms with Crippen LogP contribution in [0.1, 0.15) is 13.3 Å². The van der Waals surface area contributed by atoms with E-state index in [0.29, 0.717) is 0 Å². The summed E-state index contributed by atoms with van der Waals surface area (Å²) in [5, 5.41) is 0. The molecule has 1 rings (SSSR count). The molecule has 0 atom stereocenters. The molecule has 0 bridgehead atoms. The molecule has 11 heavy (non-hydrogen) atoms. The third-order valence-electron chi connectivity index (χ3n) is 1.22. The molecule has 0 aliphatic rings. The topological polar surface area (TPSA) is 0 Å². The maximum atomic E-state index is 2.20. The molecule has 0 N–H and O–H groups in total. The van der Waals surface area contributed by atoms with Gasteiger partial charge in [0.2, 0.25) is 0 Å². The fraction of sp³-hybridized carbons (Fsp3) is 0.333. The Kier molecular flexibility index (Phi) is 6.83. The van der Waals surface area contributed by atoms with Crippen molar-refractivity contribution in [3.8, 4) is 0 Å². The van der Waals surface area contributed by atoms with E-state index in [1.165, 1.54) is 17.1 Å². The van der Waals surface area contributed by atoms with Crippen LogP contribution in [-0.4, -0.2) is 22.8 Å². The summed E-state index contributed by atoms with van der Waals surface area (Å²) in [7, 11) is 0. The molecule has 0 fully saturated rings. The first kappa shape index (κ1) is 11.1. The summed E-state index contributed by atoms with van der Waals surface area (Å²) in [6, 6.07) is 10.5. The van der Waals surface area contributed by atoms with E-state index in [0.717, 1.165) is 0 Å². The third kappa shape index (κ3) is 4.52. The summed E-state index contributed by atoms with van der Waals surface area (Å²) in [6.45, 7) is 2.20. The summed E-state index contributed by atoms with van der Waals surface area (Å²) < 4.78 is 0. The van der Waals surface area contributed by atoms with Crippen LogP contribution in [0, 0.1) is 0 Å². The molecule has 2 heteroatoms. The van der Waals surface area contributed by atoms with Gasteiger partial charge in [-0.3, -0.25) is 0 Å². The van der Waals surface area contributed by atoms with Crippen molar-refractivity contribution in [3.05, 3.63) is 30.3 Å². The summed E-state index contributed by atoms with van der Waals surface area (Å²) in [6.07, 6.45) is 1.25. The van der Waals surface area contributed by atoms with Gasteiger partial charge in [-0.05, 0) is 24.3 Å². The van der Waals surface area contributed by atoms with Gasteiger partial charge in [0.25, 0.3) is 0 Å². The van der Waals surface area contributed by atoms with Gasteiger partial charge < -0.3 is 0 Å². The Hall–Kier alpha value is 0.0895. The van der Waals surface area contributed by atoms with Crippen molar-refractivity contribution in [2.45, 2.75) is 18.2 Å². The summed E-state index contributed by atoms with van der Waals surface area (Å²) in [5.74, 6) is 1.23. The maximum absolute atomic E-state index is 2.20. The number of benzene rings is 1. The minimum atomic E-state index is 0. The molecule has 0 radical (unpaired) electrons. The molecule has 0 saturated carbocycles. The van der Waals surface area contributed by atoms with E-state index in [4.69, 9.17) is 0 Å². The van der Waals surface area contributed by atoms with Gasteiger partial charge in [0, 0.05) is 4.90 Å². The second-order valence-electron chi connectivity index (χ2n) is 2.16. The molecule has 0 heterocycles. The van der Waals surface area contributed by atoms with Crippen molar-refractivity contribution >= 4 is 28.8 Å². The van der Waals surface area contributed by atoms with Crippen molar-refractivity contribution in [1.82, 2.24) is 0 Å². The van der Waals surface area contributed by atoms with Crippen LogP contribution in [-0.2, 0) is 0 Å². The van der Waals surface area contributed by atoms with Crippen LogP contribution in [0.2, 0.25) is 0 Å². The molecule has 0 aliphatic carbocycles. The molecule has 1 aromatic carbocycles. The quantitative estimate of drug-likeness (QED) is 0.570. The number of thioether (sulfide) groups is 1. The Morgan fingerprint density at radius 1 is 1.18 bits per heavy atom. The first-order chi connectivity index (χ1) is 4.93. The zero-order chi connectivity index (χ0) is 7.23. The molecule has 0 amide bonds. The van der Waals surface area contributed by atoms with Gasteiger partial charge >= 0.3 is 17.1 Å².